The smallest absolute Gasteiger partial charge is 0.224 e. The first-order valence-electron chi connectivity index (χ1n) is 11.4. The molecule has 1 unspecified atom stereocenters. The summed E-state index contributed by atoms with van der Waals surface area (Å²) < 4.78 is 12.9. The van der Waals surface area contributed by atoms with Crippen molar-refractivity contribution in [3.8, 4) is 0 Å². The Hall–Kier alpha value is -1.98. The van der Waals surface area contributed by atoms with Gasteiger partial charge in [-0.2, -0.15) is 0 Å². The lowest BCUT2D eigenvalue weighted by atomic mass is 9.48. The van der Waals surface area contributed by atoms with E-state index in [1.54, 1.807) is 0 Å². The molecule has 3 heterocycles. The van der Waals surface area contributed by atoms with Crippen LogP contribution in [0.2, 0.25) is 0 Å². The van der Waals surface area contributed by atoms with E-state index in [1.165, 1.54) is 0 Å². The predicted octanol–water partition coefficient (Wildman–Crippen LogP) is 4.56. The fourth-order valence-electron chi connectivity index (χ4n) is 7.37. The molecule has 6 rings (SSSR count). The summed E-state index contributed by atoms with van der Waals surface area (Å²) in [5.41, 5.74) is 0.751. The number of Topliss-reactive ketones (excluding diaryl/α,β-unsaturated/α-hetero) is 2. The van der Waals surface area contributed by atoms with Crippen molar-refractivity contribution >= 4 is 11.6 Å². The minimum absolute atomic E-state index is 0.0411. The lowest BCUT2D eigenvalue weighted by molar-refractivity contribution is -0.335. The molecule has 1 saturated heterocycles. The average Bonchev–Trinajstić information content (AvgIpc) is 2.92. The van der Waals surface area contributed by atoms with E-state index in [2.05, 4.69) is 13.8 Å². The van der Waals surface area contributed by atoms with Crippen molar-refractivity contribution < 1.29 is 24.2 Å². The molecule has 5 aliphatic rings. The monoisotopic (exact) mass is 422 g/mol. The highest BCUT2D eigenvalue weighted by molar-refractivity contribution is 6.01. The Labute approximate surface area is 182 Å². The van der Waals surface area contributed by atoms with Gasteiger partial charge in [0.25, 0.3) is 0 Å². The molecule has 5 atom stereocenters. The van der Waals surface area contributed by atoms with E-state index in [0.717, 1.165) is 11.1 Å². The van der Waals surface area contributed by atoms with E-state index < -0.39 is 22.7 Å². The van der Waals surface area contributed by atoms with Gasteiger partial charge in [0.2, 0.25) is 5.79 Å². The van der Waals surface area contributed by atoms with Gasteiger partial charge in [0.15, 0.2) is 5.78 Å². The normalized spacial score (nSPS) is 41.6. The Morgan fingerprint density at radius 1 is 0.968 bits per heavy atom. The van der Waals surface area contributed by atoms with Crippen LogP contribution < -0.4 is 0 Å². The molecule has 31 heavy (non-hydrogen) atoms. The molecule has 0 radical (unpaired) electrons. The van der Waals surface area contributed by atoms with Crippen LogP contribution in [0.25, 0.3) is 0 Å². The van der Waals surface area contributed by atoms with Crippen LogP contribution in [-0.2, 0) is 19.1 Å². The first-order chi connectivity index (χ1) is 14.5. The van der Waals surface area contributed by atoms with E-state index in [9.17, 15) is 14.7 Å². The topological polar surface area (TPSA) is 72.8 Å². The second-order valence-corrected chi connectivity index (χ2v) is 11.9. The van der Waals surface area contributed by atoms with E-state index in [0.29, 0.717) is 43.4 Å². The molecule has 0 aromatic heterocycles. The number of ether oxygens (including phenoxy) is 2. The third-order valence-electron chi connectivity index (χ3n) is 8.32. The summed E-state index contributed by atoms with van der Waals surface area (Å²) in [6.07, 6.45) is 1.46. The molecule has 2 fully saturated rings. The zero-order valence-corrected chi connectivity index (χ0v) is 18.7. The third kappa shape index (κ3) is 2.34. The predicted molar refractivity (Wildman–Crippen MR) is 113 cm³/mol. The van der Waals surface area contributed by atoms with Crippen LogP contribution in [-0.4, -0.2) is 22.5 Å². The highest BCUT2D eigenvalue weighted by atomic mass is 16.6. The van der Waals surface area contributed by atoms with Crippen molar-refractivity contribution in [3.63, 3.8) is 0 Å². The van der Waals surface area contributed by atoms with Gasteiger partial charge in [0.1, 0.15) is 23.1 Å². The van der Waals surface area contributed by atoms with Gasteiger partial charge in [-0.1, -0.05) is 52.0 Å². The van der Waals surface area contributed by atoms with E-state index in [-0.39, 0.29) is 29.0 Å². The number of allylic oxidation sites excluding steroid dienone is 2. The molecule has 1 aromatic carbocycles. The number of hydrogen-bond donors (Lipinski definition) is 1. The van der Waals surface area contributed by atoms with Gasteiger partial charge < -0.3 is 14.6 Å². The molecule has 1 spiro atoms. The number of ketones is 2. The van der Waals surface area contributed by atoms with Gasteiger partial charge in [-0.3, -0.25) is 9.59 Å². The van der Waals surface area contributed by atoms with Crippen molar-refractivity contribution in [1.29, 1.82) is 0 Å². The maximum Gasteiger partial charge on any atom is 0.224 e. The second kappa shape index (κ2) is 5.68. The van der Waals surface area contributed by atoms with E-state index in [1.807, 2.05) is 38.1 Å². The maximum absolute atomic E-state index is 14.1. The molecule has 2 bridgehead atoms. The molecule has 1 N–H and O–H groups in total. The van der Waals surface area contributed by atoms with Crippen molar-refractivity contribution in [1.82, 2.24) is 0 Å². The lowest BCUT2D eigenvalue weighted by Crippen LogP contribution is -2.70. The summed E-state index contributed by atoms with van der Waals surface area (Å²) in [5, 5.41) is 12.3. The third-order valence-corrected chi connectivity index (χ3v) is 8.32. The summed E-state index contributed by atoms with van der Waals surface area (Å²) in [6.45, 7) is 8.12. The van der Waals surface area contributed by atoms with Gasteiger partial charge in [0.05, 0.1) is 6.10 Å². The molecule has 1 saturated carbocycles. The summed E-state index contributed by atoms with van der Waals surface area (Å²) in [5.74, 6) is -1.47. The SMILES string of the molecule is CC1(C)CC(=O)C2=C(C1)O[C@@]1(O)CC(C)(C)CC(=O)C13[C@@H]2C[C@H]1O[C@@H]3c2ccccc21. The number of hydrogen-bond acceptors (Lipinski definition) is 5. The average molecular weight is 423 g/mol. The Morgan fingerprint density at radius 3 is 2.42 bits per heavy atom. The summed E-state index contributed by atoms with van der Waals surface area (Å²) in [6, 6.07) is 7.98. The number of carbonyl (C=O) groups excluding carboxylic acids is 2. The molecule has 164 valence electrons. The highest BCUT2D eigenvalue weighted by Gasteiger charge is 2.76. The van der Waals surface area contributed by atoms with Gasteiger partial charge in [-0.15, -0.1) is 0 Å². The van der Waals surface area contributed by atoms with Crippen molar-refractivity contribution in [2.24, 2.45) is 22.2 Å². The van der Waals surface area contributed by atoms with Crippen molar-refractivity contribution in [2.75, 3.05) is 0 Å². The van der Waals surface area contributed by atoms with Crippen molar-refractivity contribution in [3.05, 3.63) is 46.7 Å². The van der Waals surface area contributed by atoms with E-state index >= 15 is 0 Å². The number of fused-ring (bicyclic) bond motifs is 6. The van der Waals surface area contributed by atoms with Gasteiger partial charge in [-0.25, -0.2) is 0 Å². The molecule has 0 amide bonds. The fourth-order valence-corrected chi connectivity index (χ4v) is 7.37. The molecule has 2 aliphatic carbocycles. The Morgan fingerprint density at radius 2 is 1.68 bits per heavy atom. The summed E-state index contributed by atoms with van der Waals surface area (Å²) >= 11 is 0. The minimum Gasteiger partial charge on any atom is -0.465 e. The molecule has 5 heteroatoms. The fraction of sp³-hybridized carbons (Fsp3) is 0.615. The number of aliphatic hydroxyl groups is 1. The number of benzene rings is 1. The number of carbonyl (C=O) groups is 2. The first kappa shape index (κ1) is 19.7. The summed E-state index contributed by atoms with van der Waals surface area (Å²) in [4.78, 5) is 27.5. The van der Waals surface area contributed by atoms with Crippen molar-refractivity contribution in [2.45, 2.75) is 77.8 Å². The van der Waals surface area contributed by atoms with Gasteiger partial charge >= 0.3 is 0 Å². The second-order valence-electron chi connectivity index (χ2n) is 11.9. The summed E-state index contributed by atoms with van der Waals surface area (Å²) in [7, 11) is 0. The van der Waals surface area contributed by atoms with Gasteiger partial charge in [0, 0.05) is 37.2 Å². The highest BCUT2D eigenvalue weighted by Crippen LogP contribution is 2.72. The van der Waals surface area contributed by atoms with Crippen LogP contribution in [0, 0.1) is 22.2 Å². The zero-order chi connectivity index (χ0) is 22.0. The molecule has 3 aliphatic heterocycles. The van der Waals surface area contributed by atoms with Gasteiger partial charge in [-0.05, 0) is 28.4 Å². The lowest BCUT2D eigenvalue weighted by Gasteiger charge is -2.62. The van der Waals surface area contributed by atoms with Crippen LogP contribution >= 0.6 is 0 Å². The molecular formula is C26H30O5. The van der Waals surface area contributed by atoms with E-state index in [4.69, 9.17) is 9.47 Å². The largest absolute Gasteiger partial charge is 0.465 e. The zero-order valence-electron chi connectivity index (χ0n) is 18.7. The Bertz CT molecular complexity index is 1070. The standard InChI is InChI=1S/C26H30O5/c1-23(2)10-17(27)21-16-9-18-14-7-5-6-8-15(14)22(30-18)26(16)20(28)12-24(3,4)13-25(26,29)31-19(21)11-23/h5-8,16,18,22,29H,9-13H2,1-4H3/t16-,18-,22-,25+,26?/m1/s1. The quantitative estimate of drug-likeness (QED) is 0.664. The molecule has 5 nitrogen and oxygen atoms in total. The van der Waals surface area contributed by atoms with Crippen LogP contribution in [0.5, 0.6) is 0 Å². The first-order valence-corrected chi connectivity index (χ1v) is 11.4. The Kier molecular flexibility index (Phi) is 3.61. The number of rotatable bonds is 0. The minimum atomic E-state index is -1.70. The molecule has 1 aromatic rings. The molecular weight excluding hydrogens is 392 g/mol. The van der Waals surface area contributed by atoms with Crippen LogP contribution in [0.3, 0.4) is 0 Å². The van der Waals surface area contributed by atoms with Crippen LogP contribution in [0.15, 0.2) is 35.6 Å². The maximum atomic E-state index is 14.1. The van der Waals surface area contributed by atoms with Crippen LogP contribution in [0.1, 0.15) is 83.1 Å². The van der Waals surface area contributed by atoms with Crippen LogP contribution in [0.4, 0.5) is 0 Å². The Balaban J connectivity index is 1.63.